The van der Waals surface area contributed by atoms with Gasteiger partial charge in [0.1, 0.15) is 4.47 Å². The van der Waals surface area contributed by atoms with Crippen LogP contribution in [-0.2, 0) is 6.54 Å². The molecule has 1 aromatic heterocycles. The Bertz CT molecular complexity index is 473. The highest BCUT2D eigenvalue weighted by molar-refractivity contribution is 9.10. The van der Waals surface area contributed by atoms with Gasteiger partial charge in [0.15, 0.2) is 0 Å². The van der Waals surface area contributed by atoms with Crippen molar-refractivity contribution < 1.29 is 10.2 Å². The summed E-state index contributed by atoms with van der Waals surface area (Å²) in [4.78, 5) is 12.0. The molecular weight excluding hydrogens is 302 g/mol. The third-order valence-corrected chi connectivity index (χ3v) is 3.62. The van der Waals surface area contributed by atoms with Crippen molar-refractivity contribution in [2.24, 2.45) is 5.92 Å². The number of aromatic nitrogens is 2. The molecule has 1 aliphatic carbocycles. The Morgan fingerprint density at radius 2 is 2.33 bits per heavy atom. The maximum absolute atomic E-state index is 12.0. The van der Waals surface area contributed by atoms with Gasteiger partial charge in [0, 0.05) is 13.1 Å². The number of anilines is 1. The third-order valence-electron chi connectivity index (χ3n) is 2.85. The van der Waals surface area contributed by atoms with E-state index in [1.165, 1.54) is 4.68 Å². The second-order valence-electron chi connectivity index (χ2n) is 4.52. The van der Waals surface area contributed by atoms with Crippen molar-refractivity contribution in [2.75, 3.05) is 18.5 Å². The van der Waals surface area contributed by atoms with Crippen LogP contribution in [0.4, 0.5) is 5.69 Å². The second kappa shape index (κ2) is 5.81. The molecule has 0 spiro atoms. The van der Waals surface area contributed by atoms with Gasteiger partial charge in [-0.3, -0.25) is 4.79 Å². The van der Waals surface area contributed by atoms with Crippen LogP contribution >= 0.6 is 15.9 Å². The number of hydrogen-bond acceptors (Lipinski definition) is 5. The molecule has 1 heterocycles. The van der Waals surface area contributed by atoms with E-state index in [0.29, 0.717) is 22.6 Å². The minimum Gasteiger partial charge on any atom is -0.394 e. The van der Waals surface area contributed by atoms with E-state index >= 15 is 0 Å². The molecule has 100 valence electrons. The fraction of sp³-hybridized carbons (Fsp3) is 0.636. The first-order chi connectivity index (χ1) is 8.61. The number of hydrogen-bond donors (Lipinski definition) is 3. The summed E-state index contributed by atoms with van der Waals surface area (Å²) >= 11 is 3.23. The number of rotatable bonds is 6. The van der Waals surface area contributed by atoms with Crippen LogP contribution in [0.15, 0.2) is 15.5 Å². The molecule has 1 saturated carbocycles. The molecule has 0 radical (unpaired) electrons. The summed E-state index contributed by atoms with van der Waals surface area (Å²) in [6.45, 7) is 0.511. The Morgan fingerprint density at radius 3 is 2.94 bits per heavy atom. The molecule has 0 aromatic carbocycles. The molecule has 1 fully saturated rings. The Kier molecular flexibility index (Phi) is 4.36. The van der Waals surface area contributed by atoms with E-state index in [9.17, 15) is 9.90 Å². The summed E-state index contributed by atoms with van der Waals surface area (Å²) in [6, 6.07) is 0. The molecule has 18 heavy (non-hydrogen) atoms. The first kappa shape index (κ1) is 13.5. The van der Waals surface area contributed by atoms with Crippen molar-refractivity contribution in [1.29, 1.82) is 0 Å². The predicted molar refractivity (Wildman–Crippen MR) is 70.5 cm³/mol. The lowest BCUT2D eigenvalue weighted by molar-refractivity contribution is 0.105. The average Bonchev–Trinajstić information content (AvgIpc) is 3.17. The van der Waals surface area contributed by atoms with Crippen LogP contribution in [0.2, 0.25) is 0 Å². The molecule has 1 aromatic rings. The van der Waals surface area contributed by atoms with E-state index in [1.807, 2.05) is 0 Å². The molecule has 6 nitrogen and oxygen atoms in total. The van der Waals surface area contributed by atoms with E-state index < -0.39 is 6.10 Å². The first-order valence-electron chi connectivity index (χ1n) is 5.90. The first-order valence-corrected chi connectivity index (χ1v) is 6.69. The summed E-state index contributed by atoms with van der Waals surface area (Å²) < 4.78 is 1.86. The van der Waals surface area contributed by atoms with Crippen LogP contribution in [0.3, 0.4) is 0 Å². The van der Waals surface area contributed by atoms with Gasteiger partial charge in [0.05, 0.1) is 24.6 Å². The Hall–Kier alpha value is -0.920. The monoisotopic (exact) mass is 317 g/mol. The summed E-state index contributed by atoms with van der Waals surface area (Å²) in [5.74, 6) is 0.581. The molecule has 0 saturated heterocycles. The predicted octanol–water partition coefficient (Wildman–Crippen LogP) is 0.181. The summed E-state index contributed by atoms with van der Waals surface area (Å²) in [5.41, 5.74) is 0.352. The Morgan fingerprint density at radius 1 is 1.61 bits per heavy atom. The van der Waals surface area contributed by atoms with Crippen molar-refractivity contribution >= 4 is 21.6 Å². The lowest BCUT2D eigenvalue weighted by Crippen LogP contribution is -2.27. The largest absolute Gasteiger partial charge is 0.394 e. The number of nitrogens with zero attached hydrogens (tertiary/aromatic N) is 2. The summed E-state index contributed by atoms with van der Waals surface area (Å²) in [6.07, 6.45) is 3.02. The standard InChI is InChI=1S/C11H16BrN3O3/c12-10-9(13-3-8(17)6-16)4-14-15(11(10)18)5-7-1-2-7/h4,7-8,13,16-17H,1-3,5-6H2. The number of nitrogens with one attached hydrogen (secondary N) is 1. The topological polar surface area (TPSA) is 87.4 Å². The van der Waals surface area contributed by atoms with Gasteiger partial charge >= 0.3 is 0 Å². The van der Waals surface area contributed by atoms with Gasteiger partial charge in [-0.25, -0.2) is 4.68 Å². The highest BCUT2D eigenvalue weighted by Crippen LogP contribution is 2.30. The molecule has 1 unspecified atom stereocenters. The van der Waals surface area contributed by atoms with Crippen LogP contribution in [0.25, 0.3) is 0 Å². The Labute approximate surface area is 113 Å². The molecule has 0 amide bonds. The van der Waals surface area contributed by atoms with Gasteiger partial charge in [-0.15, -0.1) is 0 Å². The minimum atomic E-state index is -0.856. The molecule has 3 N–H and O–H groups in total. The van der Waals surface area contributed by atoms with Crippen LogP contribution in [-0.4, -0.2) is 39.2 Å². The maximum Gasteiger partial charge on any atom is 0.283 e. The lowest BCUT2D eigenvalue weighted by atomic mass is 10.3. The molecule has 1 aliphatic rings. The molecule has 0 bridgehead atoms. The summed E-state index contributed by atoms with van der Waals surface area (Å²) in [7, 11) is 0. The van der Waals surface area contributed by atoms with E-state index in [-0.39, 0.29) is 18.7 Å². The van der Waals surface area contributed by atoms with Crippen LogP contribution in [0.1, 0.15) is 12.8 Å². The van der Waals surface area contributed by atoms with Crippen molar-refractivity contribution in [3.63, 3.8) is 0 Å². The normalized spacial score (nSPS) is 16.6. The number of halogens is 1. The molecular formula is C11H16BrN3O3. The lowest BCUT2D eigenvalue weighted by Gasteiger charge is -2.12. The smallest absolute Gasteiger partial charge is 0.283 e. The van der Waals surface area contributed by atoms with Gasteiger partial charge in [-0.1, -0.05) is 0 Å². The van der Waals surface area contributed by atoms with E-state index in [1.54, 1.807) is 6.20 Å². The van der Waals surface area contributed by atoms with Gasteiger partial charge in [0.25, 0.3) is 5.56 Å². The van der Waals surface area contributed by atoms with Crippen LogP contribution in [0.5, 0.6) is 0 Å². The minimum absolute atomic E-state index is 0.170. The summed E-state index contributed by atoms with van der Waals surface area (Å²) in [5, 5.41) is 24.9. The quantitative estimate of drug-likeness (QED) is 0.696. The van der Waals surface area contributed by atoms with Crippen molar-refractivity contribution in [2.45, 2.75) is 25.5 Å². The molecule has 7 heteroatoms. The third kappa shape index (κ3) is 3.30. The van der Waals surface area contributed by atoms with Gasteiger partial charge < -0.3 is 15.5 Å². The maximum atomic E-state index is 12.0. The number of aliphatic hydroxyl groups is 2. The van der Waals surface area contributed by atoms with E-state index in [4.69, 9.17) is 5.11 Å². The van der Waals surface area contributed by atoms with Crippen molar-refractivity contribution in [1.82, 2.24) is 9.78 Å². The fourth-order valence-corrected chi connectivity index (χ4v) is 2.00. The molecule has 1 atom stereocenters. The zero-order chi connectivity index (χ0) is 13.1. The van der Waals surface area contributed by atoms with Crippen molar-refractivity contribution in [3.8, 4) is 0 Å². The zero-order valence-electron chi connectivity index (χ0n) is 9.84. The highest BCUT2D eigenvalue weighted by Gasteiger charge is 2.23. The van der Waals surface area contributed by atoms with Crippen LogP contribution in [0, 0.1) is 5.92 Å². The van der Waals surface area contributed by atoms with E-state index in [2.05, 4.69) is 26.3 Å². The number of aliphatic hydroxyl groups excluding tert-OH is 2. The van der Waals surface area contributed by atoms with Gasteiger partial charge in [0.2, 0.25) is 0 Å². The average molecular weight is 318 g/mol. The zero-order valence-corrected chi connectivity index (χ0v) is 11.4. The van der Waals surface area contributed by atoms with Crippen LogP contribution < -0.4 is 10.9 Å². The second-order valence-corrected chi connectivity index (χ2v) is 5.31. The SMILES string of the molecule is O=c1c(Br)c(NCC(O)CO)cnn1CC1CC1. The van der Waals surface area contributed by atoms with Crippen molar-refractivity contribution in [3.05, 3.63) is 21.0 Å². The van der Waals surface area contributed by atoms with Gasteiger partial charge in [-0.05, 0) is 34.7 Å². The molecule has 2 rings (SSSR count). The van der Waals surface area contributed by atoms with Gasteiger partial charge in [-0.2, -0.15) is 5.10 Å². The van der Waals surface area contributed by atoms with E-state index in [0.717, 1.165) is 12.8 Å². The highest BCUT2D eigenvalue weighted by atomic mass is 79.9. The Balaban J connectivity index is 2.07. The fourth-order valence-electron chi connectivity index (χ4n) is 1.56. The molecule has 0 aliphatic heterocycles.